The molecule has 0 N–H and O–H groups in total. The van der Waals surface area contributed by atoms with Crippen molar-refractivity contribution in [2.24, 2.45) is 0 Å². The third-order valence-electron chi connectivity index (χ3n) is 3.40. The normalized spacial score (nSPS) is 10.7. The van der Waals surface area contributed by atoms with Crippen LogP contribution in [0.1, 0.15) is 48.4 Å². The van der Waals surface area contributed by atoms with Crippen LogP contribution in [-0.4, -0.2) is 30.3 Å². The second-order valence-electron chi connectivity index (χ2n) is 6.64. The largest absolute Gasteiger partial charge is 0.524 e. The molecule has 0 amide bonds. The molecule has 9 heteroatoms. The molecular formula is C21H20F2O7. The number of ether oxygens (including phenoxy) is 4. The van der Waals surface area contributed by atoms with Gasteiger partial charge in [-0.15, -0.1) is 0 Å². The van der Waals surface area contributed by atoms with E-state index >= 15 is 0 Å². The number of rotatable bonds is 6. The summed E-state index contributed by atoms with van der Waals surface area (Å²) in [5.41, 5.74) is -0.472. The van der Waals surface area contributed by atoms with Gasteiger partial charge >= 0.3 is 18.1 Å². The molecule has 0 atom stereocenters. The summed E-state index contributed by atoms with van der Waals surface area (Å²) in [6, 6.07) is 6.02. The van der Waals surface area contributed by atoms with Gasteiger partial charge < -0.3 is 18.9 Å². The molecule has 160 valence electrons. The first-order chi connectivity index (χ1) is 14.1. The van der Waals surface area contributed by atoms with Gasteiger partial charge in [0, 0.05) is 12.1 Å². The maximum atomic E-state index is 13.4. The van der Waals surface area contributed by atoms with Gasteiger partial charge in [-0.25, -0.2) is 23.2 Å². The summed E-state index contributed by atoms with van der Waals surface area (Å²) in [5.74, 6) is -4.01. The molecule has 0 saturated carbocycles. The smallest absolute Gasteiger partial charge is 0.490 e. The molecule has 0 fully saturated rings. The number of hydrogen-bond donors (Lipinski definition) is 0. The molecule has 0 aliphatic rings. The molecule has 0 spiro atoms. The van der Waals surface area contributed by atoms with E-state index in [1.165, 1.54) is 0 Å². The SMILES string of the molecule is CC(C)Oc1cc(F)ccc1C(=O)OC(=O)OC(=O)c1ccc(F)cc1OC(C)C. The van der Waals surface area contributed by atoms with Gasteiger partial charge in [0.1, 0.15) is 34.3 Å². The van der Waals surface area contributed by atoms with Gasteiger partial charge in [-0.3, -0.25) is 0 Å². The Morgan fingerprint density at radius 2 is 1.07 bits per heavy atom. The number of hydrogen-bond acceptors (Lipinski definition) is 7. The number of halogens is 2. The van der Waals surface area contributed by atoms with Gasteiger partial charge in [0.2, 0.25) is 0 Å². The van der Waals surface area contributed by atoms with Crippen molar-refractivity contribution in [3.8, 4) is 11.5 Å². The fourth-order valence-electron chi connectivity index (χ4n) is 2.31. The summed E-state index contributed by atoms with van der Waals surface area (Å²) in [6.45, 7) is 6.64. The average molecular weight is 422 g/mol. The number of benzene rings is 2. The molecule has 0 radical (unpaired) electrons. The molecule has 0 unspecified atom stereocenters. The Kier molecular flexibility index (Phi) is 7.46. The van der Waals surface area contributed by atoms with Crippen molar-refractivity contribution in [3.63, 3.8) is 0 Å². The fraction of sp³-hybridized carbons (Fsp3) is 0.286. The Morgan fingerprint density at radius 3 is 1.40 bits per heavy atom. The molecule has 2 aromatic carbocycles. The third-order valence-corrected chi connectivity index (χ3v) is 3.40. The van der Waals surface area contributed by atoms with E-state index < -0.39 is 29.7 Å². The topological polar surface area (TPSA) is 88.1 Å². The lowest BCUT2D eigenvalue weighted by molar-refractivity contribution is 0.0333. The highest BCUT2D eigenvalue weighted by molar-refractivity contribution is 6.02. The average Bonchev–Trinajstić information content (AvgIpc) is 2.60. The minimum absolute atomic E-state index is 0.139. The minimum Gasteiger partial charge on any atom is -0.490 e. The van der Waals surface area contributed by atoms with Gasteiger partial charge in [-0.05, 0) is 52.0 Å². The van der Waals surface area contributed by atoms with E-state index in [9.17, 15) is 23.2 Å². The molecule has 0 saturated heterocycles. The third kappa shape index (κ3) is 6.26. The van der Waals surface area contributed by atoms with Crippen LogP contribution in [0.15, 0.2) is 36.4 Å². The molecule has 0 aliphatic heterocycles. The standard InChI is InChI=1S/C21H20F2O7/c1-11(2)27-17-9-13(22)5-7-15(17)19(24)29-21(26)30-20(25)16-8-6-14(23)10-18(16)28-12(3)4/h5-12H,1-4H3. The molecule has 0 heterocycles. The van der Waals surface area contributed by atoms with E-state index in [0.717, 1.165) is 36.4 Å². The van der Waals surface area contributed by atoms with Crippen molar-refractivity contribution in [1.82, 2.24) is 0 Å². The van der Waals surface area contributed by atoms with E-state index in [-0.39, 0.29) is 34.8 Å². The van der Waals surface area contributed by atoms with Crippen molar-refractivity contribution in [1.29, 1.82) is 0 Å². The van der Waals surface area contributed by atoms with Gasteiger partial charge in [0.15, 0.2) is 0 Å². The van der Waals surface area contributed by atoms with Crippen LogP contribution in [0.25, 0.3) is 0 Å². The first kappa shape index (κ1) is 22.8. The van der Waals surface area contributed by atoms with E-state index in [1.54, 1.807) is 27.7 Å². The van der Waals surface area contributed by atoms with Crippen LogP contribution in [0, 0.1) is 11.6 Å². The zero-order valence-electron chi connectivity index (χ0n) is 16.7. The molecular weight excluding hydrogens is 402 g/mol. The van der Waals surface area contributed by atoms with E-state index in [4.69, 9.17) is 9.47 Å². The summed E-state index contributed by atoms with van der Waals surface area (Å²) in [7, 11) is 0. The zero-order valence-corrected chi connectivity index (χ0v) is 16.7. The van der Waals surface area contributed by atoms with E-state index in [0.29, 0.717) is 0 Å². The Morgan fingerprint density at radius 1 is 0.700 bits per heavy atom. The predicted octanol–water partition coefficient (Wildman–Crippen LogP) is 4.67. The molecule has 30 heavy (non-hydrogen) atoms. The Labute approximate surface area is 171 Å². The van der Waals surface area contributed by atoms with Crippen LogP contribution in [0.5, 0.6) is 11.5 Å². The lowest BCUT2D eigenvalue weighted by Crippen LogP contribution is -2.20. The number of esters is 2. The fourth-order valence-corrected chi connectivity index (χ4v) is 2.31. The molecule has 2 aromatic rings. The monoisotopic (exact) mass is 422 g/mol. The van der Waals surface area contributed by atoms with Gasteiger partial charge in [-0.1, -0.05) is 0 Å². The van der Waals surface area contributed by atoms with Gasteiger partial charge in [-0.2, -0.15) is 0 Å². The van der Waals surface area contributed by atoms with Crippen molar-refractivity contribution in [2.75, 3.05) is 0 Å². The highest BCUT2D eigenvalue weighted by atomic mass is 19.1. The quantitative estimate of drug-likeness (QED) is 0.494. The summed E-state index contributed by atoms with van der Waals surface area (Å²) in [4.78, 5) is 36.4. The van der Waals surface area contributed by atoms with Crippen LogP contribution < -0.4 is 9.47 Å². The molecule has 2 rings (SSSR count). The first-order valence-electron chi connectivity index (χ1n) is 8.97. The van der Waals surface area contributed by atoms with Gasteiger partial charge in [0.25, 0.3) is 0 Å². The minimum atomic E-state index is -1.62. The summed E-state index contributed by atoms with van der Waals surface area (Å²) in [5, 5.41) is 0. The second-order valence-corrected chi connectivity index (χ2v) is 6.64. The van der Waals surface area contributed by atoms with Crippen molar-refractivity contribution < 1.29 is 42.1 Å². The lowest BCUT2D eigenvalue weighted by atomic mass is 10.2. The molecule has 0 bridgehead atoms. The number of carbonyl (C=O) groups excluding carboxylic acids is 3. The van der Waals surface area contributed by atoms with E-state index in [1.807, 2.05) is 0 Å². The van der Waals surface area contributed by atoms with E-state index in [2.05, 4.69) is 9.47 Å². The van der Waals surface area contributed by atoms with Crippen LogP contribution in [-0.2, 0) is 9.47 Å². The van der Waals surface area contributed by atoms with Gasteiger partial charge in [0.05, 0.1) is 12.2 Å². The highest BCUT2D eigenvalue weighted by Gasteiger charge is 2.24. The van der Waals surface area contributed by atoms with Crippen LogP contribution in [0.4, 0.5) is 13.6 Å². The Hall–Kier alpha value is -3.49. The summed E-state index contributed by atoms with van der Waals surface area (Å²) in [6.07, 6.45) is -2.39. The predicted molar refractivity (Wildman–Crippen MR) is 101 cm³/mol. The van der Waals surface area contributed by atoms with Crippen LogP contribution in [0.3, 0.4) is 0 Å². The number of carbonyl (C=O) groups is 3. The van der Waals surface area contributed by atoms with Crippen molar-refractivity contribution >= 4 is 18.1 Å². The zero-order chi connectivity index (χ0) is 22.4. The highest BCUT2D eigenvalue weighted by Crippen LogP contribution is 2.24. The van der Waals surface area contributed by atoms with Crippen molar-refractivity contribution in [3.05, 3.63) is 59.2 Å². The van der Waals surface area contributed by atoms with Crippen LogP contribution >= 0.6 is 0 Å². The summed E-state index contributed by atoms with van der Waals surface area (Å²) >= 11 is 0. The molecule has 7 nitrogen and oxygen atoms in total. The summed E-state index contributed by atoms with van der Waals surface area (Å²) < 4.78 is 46.5. The van der Waals surface area contributed by atoms with Crippen LogP contribution in [0.2, 0.25) is 0 Å². The van der Waals surface area contributed by atoms with Crippen molar-refractivity contribution in [2.45, 2.75) is 39.9 Å². The maximum absolute atomic E-state index is 13.4. The second kappa shape index (κ2) is 9.82. The molecule has 0 aromatic heterocycles. The Bertz CT molecular complexity index is 879. The first-order valence-corrected chi connectivity index (χ1v) is 8.97. The molecule has 0 aliphatic carbocycles. The lowest BCUT2D eigenvalue weighted by Gasteiger charge is -2.14. The maximum Gasteiger partial charge on any atom is 0.524 e. The Balaban J connectivity index is 2.13.